The number of hydrogen-bond acceptors (Lipinski definition) is 4. The van der Waals surface area contributed by atoms with E-state index < -0.39 is 0 Å². The van der Waals surface area contributed by atoms with Crippen molar-refractivity contribution in [1.82, 2.24) is 14.3 Å². The average Bonchev–Trinajstić information content (AvgIpc) is 3.17. The maximum atomic E-state index is 13.5. The Morgan fingerprint density at radius 2 is 1.85 bits per heavy atom. The zero-order valence-corrected chi connectivity index (χ0v) is 19.4. The van der Waals surface area contributed by atoms with E-state index in [9.17, 15) is 9.59 Å². The van der Waals surface area contributed by atoms with Gasteiger partial charge in [0.15, 0.2) is 0 Å². The Morgan fingerprint density at radius 1 is 1.09 bits per heavy atom. The lowest BCUT2D eigenvalue weighted by Gasteiger charge is -2.14. The van der Waals surface area contributed by atoms with Crippen LogP contribution in [0.3, 0.4) is 0 Å². The van der Waals surface area contributed by atoms with Crippen LogP contribution >= 0.6 is 0 Å². The molecule has 0 atom stereocenters. The largest absolute Gasteiger partial charge is 0.497 e. The number of anilines is 1. The number of methoxy groups -OCH3 is 1. The molecule has 0 aliphatic carbocycles. The highest BCUT2D eigenvalue weighted by Gasteiger charge is 2.21. The third-order valence-corrected chi connectivity index (χ3v) is 5.90. The lowest BCUT2D eigenvalue weighted by atomic mass is 10.0. The Morgan fingerprint density at radius 3 is 2.55 bits per heavy atom. The number of para-hydroxylation sites is 1. The van der Waals surface area contributed by atoms with E-state index in [-0.39, 0.29) is 17.9 Å². The van der Waals surface area contributed by atoms with E-state index >= 15 is 0 Å². The number of rotatable bonds is 7. The first kappa shape index (κ1) is 22.3. The fourth-order valence-corrected chi connectivity index (χ4v) is 4.27. The SMILES string of the molecule is CCn1c(=O)c(CCC(=O)Nc2cccc(OC)c2)c(C)c2c(C)nn(-c3ccccc3)c21. The lowest BCUT2D eigenvalue weighted by molar-refractivity contribution is -0.116. The van der Waals surface area contributed by atoms with Crippen LogP contribution in [0.25, 0.3) is 16.7 Å². The minimum atomic E-state index is -0.151. The summed E-state index contributed by atoms with van der Waals surface area (Å²) in [6.07, 6.45) is 0.556. The van der Waals surface area contributed by atoms with Crippen molar-refractivity contribution in [2.24, 2.45) is 0 Å². The van der Waals surface area contributed by atoms with Gasteiger partial charge in [-0.25, -0.2) is 4.68 Å². The summed E-state index contributed by atoms with van der Waals surface area (Å²) in [5.41, 5.74) is 4.67. The monoisotopic (exact) mass is 444 g/mol. The van der Waals surface area contributed by atoms with Gasteiger partial charge in [-0.2, -0.15) is 5.10 Å². The maximum Gasteiger partial charge on any atom is 0.255 e. The molecule has 0 bridgehead atoms. The number of aromatic nitrogens is 3. The highest BCUT2D eigenvalue weighted by molar-refractivity contribution is 5.91. The normalized spacial score (nSPS) is 11.0. The molecule has 2 aromatic carbocycles. The van der Waals surface area contributed by atoms with E-state index in [1.54, 1.807) is 17.7 Å². The number of carbonyl (C=O) groups excluding carboxylic acids is 1. The summed E-state index contributed by atoms with van der Waals surface area (Å²) in [5, 5.41) is 8.59. The smallest absolute Gasteiger partial charge is 0.255 e. The van der Waals surface area contributed by atoms with Crippen molar-refractivity contribution < 1.29 is 9.53 Å². The van der Waals surface area contributed by atoms with Crippen molar-refractivity contribution >= 4 is 22.6 Å². The van der Waals surface area contributed by atoms with Crippen molar-refractivity contribution in [2.45, 2.75) is 40.2 Å². The number of nitrogens with zero attached hydrogens (tertiary/aromatic N) is 3. The van der Waals surface area contributed by atoms with Gasteiger partial charge in [0, 0.05) is 35.7 Å². The predicted octanol–water partition coefficient (Wildman–Crippen LogP) is 4.40. The third kappa shape index (κ3) is 4.26. The van der Waals surface area contributed by atoms with Crippen LogP contribution in [0.5, 0.6) is 5.75 Å². The number of amides is 1. The van der Waals surface area contributed by atoms with Crippen molar-refractivity contribution in [2.75, 3.05) is 12.4 Å². The summed E-state index contributed by atoms with van der Waals surface area (Å²) in [6.45, 7) is 6.37. The van der Waals surface area contributed by atoms with Crippen LogP contribution in [0.2, 0.25) is 0 Å². The lowest BCUT2D eigenvalue weighted by Crippen LogP contribution is -2.27. The van der Waals surface area contributed by atoms with Crippen molar-refractivity contribution in [1.29, 1.82) is 0 Å². The van der Waals surface area contributed by atoms with Crippen LogP contribution in [-0.4, -0.2) is 27.4 Å². The Hall–Kier alpha value is -3.87. The van der Waals surface area contributed by atoms with Gasteiger partial charge in [-0.05, 0) is 57.0 Å². The molecule has 170 valence electrons. The minimum absolute atomic E-state index is 0.0752. The van der Waals surface area contributed by atoms with E-state index in [1.807, 2.05) is 74.0 Å². The average molecular weight is 445 g/mol. The van der Waals surface area contributed by atoms with Gasteiger partial charge < -0.3 is 10.1 Å². The number of nitrogens with one attached hydrogen (secondary N) is 1. The standard InChI is InChI=1S/C26H28N4O3/c1-5-29-25-24(18(3)28-30(25)20-11-7-6-8-12-20)17(2)22(26(29)32)14-15-23(31)27-19-10-9-13-21(16-19)33-4/h6-13,16H,5,14-15H2,1-4H3,(H,27,31). The molecule has 0 radical (unpaired) electrons. The van der Waals surface area contributed by atoms with E-state index in [2.05, 4.69) is 5.32 Å². The second kappa shape index (κ2) is 9.32. The molecular weight excluding hydrogens is 416 g/mol. The quantitative estimate of drug-likeness (QED) is 0.458. The van der Waals surface area contributed by atoms with E-state index in [0.29, 0.717) is 30.0 Å². The van der Waals surface area contributed by atoms with Crippen molar-refractivity contribution in [3.05, 3.63) is 81.8 Å². The number of hydrogen-bond donors (Lipinski definition) is 1. The highest BCUT2D eigenvalue weighted by atomic mass is 16.5. The molecule has 7 heteroatoms. The number of fused-ring (bicyclic) bond motifs is 1. The van der Waals surface area contributed by atoms with Gasteiger partial charge in [-0.3, -0.25) is 14.2 Å². The fourth-order valence-electron chi connectivity index (χ4n) is 4.27. The number of benzene rings is 2. The fraction of sp³-hybridized carbons (Fsp3) is 0.269. The molecule has 7 nitrogen and oxygen atoms in total. The van der Waals surface area contributed by atoms with Gasteiger partial charge in [0.2, 0.25) is 5.91 Å². The molecule has 0 unspecified atom stereocenters. The van der Waals surface area contributed by atoms with Crippen LogP contribution in [0.4, 0.5) is 5.69 Å². The Kier molecular flexibility index (Phi) is 6.31. The number of aryl methyl sites for hydroxylation is 3. The minimum Gasteiger partial charge on any atom is -0.497 e. The molecule has 2 aromatic heterocycles. The Labute approximate surface area is 192 Å². The van der Waals surface area contributed by atoms with Crippen LogP contribution in [0.15, 0.2) is 59.4 Å². The van der Waals surface area contributed by atoms with E-state index in [1.165, 1.54) is 0 Å². The molecule has 0 saturated carbocycles. The molecule has 1 N–H and O–H groups in total. The van der Waals surface area contributed by atoms with Gasteiger partial charge in [-0.15, -0.1) is 0 Å². The molecule has 0 aliphatic heterocycles. The molecule has 1 amide bonds. The van der Waals surface area contributed by atoms with Crippen LogP contribution in [0, 0.1) is 13.8 Å². The third-order valence-electron chi connectivity index (χ3n) is 5.90. The molecule has 33 heavy (non-hydrogen) atoms. The van der Waals surface area contributed by atoms with Gasteiger partial charge in [0.05, 0.1) is 18.5 Å². The van der Waals surface area contributed by atoms with Gasteiger partial charge in [-0.1, -0.05) is 24.3 Å². The Bertz CT molecular complexity index is 1370. The molecular formula is C26H28N4O3. The second-order valence-electron chi connectivity index (χ2n) is 7.96. The van der Waals surface area contributed by atoms with Gasteiger partial charge >= 0.3 is 0 Å². The van der Waals surface area contributed by atoms with Gasteiger partial charge in [0.1, 0.15) is 11.4 Å². The van der Waals surface area contributed by atoms with Crippen LogP contribution in [0.1, 0.15) is 30.2 Å². The summed E-state index contributed by atoms with van der Waals surface area (Å²) in [4.78, 5) is 26.1. The number of pyridine rings is 1. The summed E-state index contributed by atoms with van der Waals surface area (Å²) in [6, 6.07) is 17.0. The predicted molar refractivity (Wildman–Crippen MR) is 130 cm³/mol. The molecule has 2 heterocycles. The summed E-state index contributed by atoms with van der Waals surface area (Å²) in [5.74, 6) is 0.521. The number of ether oxygens (including phenoxy) is 1. The zero-order chi connectivity index (χ0) is 23.5. The molecule has 4 rings (SSSR count). The molecule has 0 saturated heterocycles. The topological polar surface area (TPSA) is 78.2 Å². The molecule has 0 fully saturated rings. The molecule has 0 aliphatic rings. The maximum absolute atomic E-state index is 13.5. The van der Waals surface area contributed by atoms with Crippen molar-refractivity contribution in [3.63, 3.8) is 0 Å². The number of carbonyl (C=O) groups is 1. The van der Waals surface area contributed by atoms with E-state index in [0.717, 1.165) is 28.0 Å². The molecule has 0 spiro atoms. The van der Waals surface area contributed by atoms with Crippen molar-refractivity contribution in [3.8, 4) is 11.4 Å². The molecule has 4 aromatic rings. The first-order valence-electron chi connectivity index (χ1n) is 11.1. The Balaban J connectivity index is 1.68. The first-order chi connectivity index (χ1) is 15.9. The van der Waals surface area contributed by atoms with E-state index in [4.69, 9.17) is 9.84 Å². The highest BCUT2D eigenvalue weighted by Crippen LogP contribution is 2.26. The van der Waals surface area contributed by atoms with Gasteiger partial charge in [0.25, 0.3) is 5.56 Å². The summed E-state index contributed by atoms with van der Waals surface area (Å²) >= 11 is 0. The van der Waals surface area contributed by atoms with Crippen LogP contribution < -0.4 is 15.6 Å². The second-order valence-corrected chi connectivity index (χ2v) is 7.96. The first-order valence-corrected chi connectivity index (χ1v) is 11.1. The summed E-state index contributed by atoms with van der Waals surface area (Å²) in [7, 11) is 1.58. The van der Waals surface area contributed by atoms with Crippen LogP contribution in [-0.2, 0) is 17.8 Å². The zero-order valence-electron chi connectivity index (χ0n) is 19.4. The summed E-state index contributed by atoms with van der Waals surface area (Å²) < 4.78 is 8.80.